The molecule has 2 heterocycles. The first-order valence-electron chi connectivity index (χ1n) is 8.06. The average molecular weight is 359 g/mol. The molecule has 1 aromatic heterocycles. The number of carbonyl (C=O) groups excluding carboxylic acids is 1. The van der Waals surface area contributed by atoms with E-state index in [1.54, 1.807) is 18.3 Å². The number of amides is 1. The van der Waals surface area contributed by atoms with Gasteiger partial charge in [0, 0.05) is 6.42 Å². The molecular formula is C15H18BN5O5. The fraction of sp³-hybridized carbons (Fsp3) is 0.333. The molecule has 3 rings (SSSR count). The third-order valence-corrected chi connectivity index (χ3v) is 4.09. The van der Waals surface area contributed by atoms with Crippen molar-refractivity contribution >= 4 is 19.0 Å². The van der Waals surface area contributed by atoms with Crippen LogP contribution in [-0.4, -0.2) is 56.6 Å². The van der Waals surface area contributed by atoms with E-state index in [0.717, 1.165) is 5.69 Å². The number of benzene rings is 1. The minimum absolute atomic E-state index is 0.0274. The van der Waals surface area contributed by atoms with Gasteiger partial charge in [0.1, 0.15) is 12.3 Å². The second-order valence-electron chi connectivity index (χ2n) is 5.91. The van der Waals surface area contributed by atoms with Gasteiger partial charge in [0.25, 0.3) is 0 Å². The lowest BCUT2D eigenvalue weighted by molar-refractivity contribution is -0.122. The number of nitrogens with one attached hydrogen (secondary N) is 1. The van der Waals surface area contributed by atoms with E-state index < -0.39 is 19.0 Å². The predicted octanol–water partition coefficient (Wildman–Crippen LogP) is -1.38. The fourth-order valence-electron chi connectivity index (χ4n) is 2.86. The number of carbonyl (C=O) groups is 2. The number of nitrogens with two attached hydrogens (primary N) is 1. The molecule has 10 nitrogen and oxygen atoms in total. The highest BCUT2D eigenvalue weighted by molar-refractivity contribution is 6.47. The van der Waals surface area contributed by atoms with E-state index in [9.17, 15) is 19.7 Å². The highest BCUT2D eigenvalue weighted by Crippen LogP contribution is 2.30. The third-order valence-electron chi connectivity index (χ3n) is 4.09. The second-order valence-corrected chi connectivity index (χ2v) is 5.91. The molecule has 1 aliphatic heterocycles. The Morgan fingerprint density at radius 2 is 2.27 bits per heavy atom. The van der Waals surface area contributed by atoms with Crippen LogP contribution in [0.5, 0.6) is 5.75 Å². The van der Waals surface area contributed by atoms with Gasteiger partial charge in [-0.1, -0.05) is 17.3 Å². The Kier molecular flexibility index (Phi) is 5.19. The monoisotopic (exact) mass is 359 g/mol. The normalized spacial score (nSPS) is 15.9. The zero-order valence-corrected chi connectivity index (χ0v) is 13.8. The lowest BCUT2D eigenvalue weighted by Crippen LogP contribution is -2.53. The Hall–Kier alpha value is -2.92. The molecule has 1 atom stereocenters. The molecule has 0 aliphatic carbocycles. The van der Waals surface area contributed by atoms with Crippen molar-refractivity contribution in [2.24, 2.45) is 5.73 Å². The summed E-state index contributed by atoms with van der Waals surface area (Å²) in [5.41, 5.74) is 6.82. The van der Waals surface area contributed by atoms with Gasteiger partial charge in [0.05, 0.1) is 23.4 Å². The highest BCUT2D eigenvalue weighted by Gasteiger charge is 2.37. The summed E-state index contributed by atoms with van der Waals surface area (Å²) in [6.45, 7) is 0.341. The number of carboxylic acid groups (broad SMARTS) is 1. The van der Waals surface area contributed by atoms with Gasteiger partial charge >= 0.3 is 13.1 Å². The van der Waals surface area contributed by atoms with Gasteiger partial charge in [-0.2, -0.15) is 0 Å². The molecule has 1 aromatic carbocycles. The van der Waals surface area contributed by atoms with Crippen LogP contribution in [0.15, 0.2) is 24.4 Å². The first kappa shape index (κ1) is 17.9. The fourth-order valence-corrected chi connectivity index (χ4v) is 2.86. The van der Waals surface area contributed by atoms with Crippen LogP contribution in [0.4, 0.5) is 0 Å². The van der Waals surface area contributed by atoms with Crippen molar-refractivity contribution < 1.29 is 24.4 Å². The molecule has 26 heavy (non-hydrogen) atoms. The smallest absolute Gasteiger partial charge is 0.534 e. The summed E-state index contributed by atoms with van der Waals surface area (Å²) in [7, 11) is -1.36. The minimum Gasteiger partial charge on any atom is -0.534 e. The number of rotatable bonds is 6. The van der Waals surface area contributed by atoms with Crippen molar-refractivity contribution in [1.82, 2.24) is 20.3 Å². The quantitative estimate of drug-likeness (QED) is 0.460. The Bertz CT molecular complexity index is 827. The van der Waals surface area contributed by atoms with E-state index in [1.165, 1.54) is 10.7 Å². The highest BCUT2D eigenvalue weighted by atomic mass is 16.5. The molecule has 11 heteroatoms. The van der Waals surface area contributed by atoms with Gasteiger partial charge in [0.2, 0.25) is 5.91 Å². The molecule has 136 valence electrons. The summed E-state index contributed by atoms with van der Waals surface area (Å²) in [5, 5.41) is 29.6. The van der Waals surface area contributed by atoms with Gasteiger partial charge in [0.15, 0.2) is 0 Å². The van der Waals surface area contributed by atoms with Gasteiger partial charge in [-0.3, -0.25) is 4.79 Å². The number of carboxylic acids is 1. The van der Waals surface area contributed by atoms with Crippen molar-refractivity contribution in [3.8, 4) is 5.75 Å². The number of fused-ring (bicyclic) bond motifs is 1. The molecule has 1 unspecified atom stereocenters. The summed E-state index contributed by atoms with van der Waals surface area (Å²) in [5.74, 6) is -2.10. The second kappa shape index (κ2) is 7.54. The largest absolute Gasteiger partial charge is 0.547 e. The van der Waals surface area contributed by atoms with E-state index in [0.29, 0.717) is 18.5 Å². The molecule has 0 saturated heterocycles. The van der Waals surface area contributed by atoms with Crippen LogP contribution < -0.4 is 15.7 Å². The molecule has 0 saturated carbocycles. The van der Waals surface area contributed by atoms with Crippen molar-refractivity contribution in [3.63, 3.8) is 0 Å². The van der Waals surface area contributed by atoms with E-state index in [4.69, 9.17) is 10.4 Å². The molecule has 1 aliphatic rings. The van der Waals surface area contributed by atoms with Crippen LogP contribution in [-0.2, 0) is 24.2 Å². The van der Waals surface area contributed by atoms with Crippen molar-refractivity contribution in [3.05, 3.63) is 41.2 Å². The molecule has 0 fully saturated rings. The third kappa shape index (κ3) is 3.68. The molecule has 1 amide bonds. The van der Waals surface area contributed by atoms with Crippen LogP contribution >= 0.6 is 0 Å². The maximum absolute atomic E-state index is 12.3. The number of aromatic carboxylic acids is 1. The summed E-state index contributed by atoms with van der Waals surface area (Å²) in [6, 6.07) is 4.69. The van der Waals surface area contributed by atoms with E-state index >= 15 is 0 Å². The van der Waals surface area contributed by atoms with Gasteiger partial charge < -0.3 is 25.8 Å². The van der Waals surface area contributed by atoms with Crippen molar-refractivity contribution in [2.45, 2.75) is 25.3 Å². The number of nitrogens with zero attached hydrogens (tertiary/aromatic N) is 3. The topological polar surface area (TPSA) is 153 Å². The summed E-state index contributed by atoms with van der Waals surface area (Å²) < 4.78 is 6.78. The number of aromatic nitrogens is 3. The predicted molar refractivity (Wildman–Crippen MR) is 90.4 cm³/mol. The average Bonchev–Trinajstić information content (AvgIpc) is 3.02. The maximum Gasteiger partial charge on any atom is 0.547 e. The zero-order valence-electron chi connectivity index (χ0n) is 13.8. The van der Waals surface area contributed by atoms with Crippen LogP contribution in [0, 0.1) is 0 Å². The molecular weight excluding hydrogens is 341 g/mol. The standard InChI is InChI=1S/C15H18BN5O5/c17-5-4-10-7-18-20-21(10)8-13(22)19-12-6-9-2-1-3-11(15(23)24)14(9)26-16(12)25/h1-3,7,12,25H,4-6,8,17H2,(H,19,22)(H,23,24). The molecule has 0 spiro atoms. The van der Waals surface area contributed by atoms with Crippen molar-refractivity contribution in [1.29, 1.82) is 0 Å². The van der Waals surface area contributed by atoms with Gasteiger partial charge in [-0.15, -0.1) is 5.10 Å². The van der Waals surface area contributed by atoms with Gasteiger partial charge in [-0.05, 0) is 24.6 Å². The molecule has 0 bridgehead atoms. The molecule has 0 radical (unpaired) electrons. The molecule has 5 N–H and O–H groups in total. The minimum atomic E-state index is -1.36. The summed E-state index contributed by atoms with van der Waals surface area (Å²) in [4.78, 5) is 23.5. The Labute approximate surface area is 149 Å². The first-order valence-corrected chi connectivity index (χ1v) is 8.06. The van der Waals surface area contributed by atoms with Gasteiger partial charge in [-0.25, -0.2) is 9.48 Å². The Morgan fingerprint density at radius 1 is 1.46 bits per heavy atom. The van der Waals surface area contributed by atoms with Crippen LogP contribution in [0.2, 0.25) is 0 Å². The van der Waals surface area contributed by atoms with E-state index in [-0.39, 0.29) is 30.2 Å². The molecule has 2 aromatic rings. The van der Waals surface area contributed by atoms with E-state index in [2.05, 4.69) is 15.6 Å². The van der Waals surface area contributed by atoms with Crippen molar-refractivity contribution in [2.75, 3.05) is 6.54 Å². The van der Waals surface area contributed by atoms with E-state index in [1.807, 2.05) is 0 Å². The number of hydrogen-bond donors (Lipinski definition) is 4. The lowest BCUT2D eigenvalue weighted by atomic mass is 9.72. The van der Waals surface area contributed by atoms with Crippen LogP contribution in [0.1, 0.15) is 21.6 Å². The van der Waals surface area contributed by atoms with Crippen LogP contribution in [0.25, 0.3) is 0 Å². The summed E-state index contributed by atoms with van der Waals surface area (Å²) in [6.07, 6.45) is 2.33. The SMILES string of the molecule is NCCc1cnnn1CC(=O)NC1Cc2cccc(C(=O)O)c2OB1O. The lowest BCUT2D eigenvalue weighted by Gasteiger charge is -2.28. The summed E-state index contributed by atoms with van der Waals surface area (Å²) >= 11 is 0. The number of para-hydroxylation sites is 1. The maximum atomic E-state index is 12.3. The first-order chi connectivity index (χ1) is 12.5. The Balaban J connectivity index is 1.69. The zero-order chi connectivity index (χ0) is 18.7. The van der Waals surface area contributed by atoms with Crippen LogP contribution in [0.3, 0.4) is 0 Å². The Morgan fingerprint density at radius 3 is 3.00 bits per heavy atom. The number of hydrogen-bond acceptors (Lipinski definition) is 7.